The molecule has 4 heteroatoms. The molecule has 0 saturated carbocycles. The van der Waals surface area contributed by atoms with Gasteiger partial charge in [-0.25, -0.2) is 4.68 Å². The quantitative estimate of drug-likeness (QED) is 0.940. The molecule has 1 heterocycles. The van der Waals surface area contributed by atoms with E-state index < -0.39 is 0 Å². The number of rotatable bonds is 4. The highest BCUT2D eigenvalue weighted by Crippen LogP contribution is 2.27. The molecular formula is C17H26N4. The topological polar surface area (TPSA) is 56.7 Å². The van der Waals surface area contributed by atoms with Gasteiger partial charge < -0.3 is 5.73 Å². The lowest BCUT2D eigenvalue weighted by Crippen LogP contribution is -2.13. The Morgan fingerprint density at radius 2 is 1.76 bits per heavy atom. The number of nitrogens with two attached hydrogens (primary N) is 1. The molecule has 4 nitrogen and oxygen atoms in total. The summed E-state index contributed by atoms with van der Waals surface area (Å²) >= 11 is 0. The molecule has 0 aliphatic rings. The van der Waals surface area contributed by atoms with Gasteiger partial charge in [-0.05, 0) is 48.1 Å². The molecule has 0 fully saturated rings. The first kappa shape index (κ1) is 15.7. The fraction of sp³-hybridized carbons (Fsp3) is 0.529. The van der Waals surface area contributed by atoms with Gasteiger partial charge >= 0.3 is 0 Å². The number of aromatic nitrogens is 3. The Morgan fingerprint density at radius 3 is 2.29 bits per heavy atom. The van der Waals surface area contributed by atoms with Crippen LogP contribution in [0.25, 0.3) is 0 Å². The van der Waals surface area contributed by atoms with Gasteiger partial charge in [-0.2, -0.15) is 0 Å². The molecule has 2 aromatic rings. The van der Waals surface area contributed by atoms with Crippen molar-refractivity contribution in [2.45, 2.75) is 53.0 Å². The van der Waals surface area contributed by atoms with E-state index in [2.05, 4.69) is 57.1 Å². The standard InChI is InChI=1S/C17H26N4/c1-12-8-14(17(3,4)5)9-13(2)16(12)11-21-10-15(6-7-18)19-20-21/h8-10H,6-7,11,18H2,1-5H3. The maximum Gasteiger partial charge on any atom is 0.0839 e. The Balaban J connectivity index is 2.27. The number of hydrogen-bond acceptors (Lipinski definition) is 3. The van der Waals surface area contributed by atoms with Crippen LogP contribution in [-0.2, 0) is 18.4 Å². The number of nitrogens with zero attached hydrogens (tertiary/aromatic N) is 3. The van der Waals surface area contributed by atoms with Crippen LogP contribution in [0.5, 0.6) is 0 Å². The highest BCUT2D eigenvalue weighted by Gasteiger charge is 2.16. The van der Waals surface area contributed by atoms with Crippen molar-refractivity contribution in [2.24, 2.45) is 5.73 Å². The maximum atomic E-state index is 5.55. The number of aryl methyl sites for hydroxylation is 2. The van der Waals surface area contributed by atoms with Crippen LogP contribution in [0.15, 0.2) is 18.3 Å². The van der Waals surface area contributed by atoms with E-state index >= 15 is 0 Å². The molecule has 21 heavy (non-hydrogen) atoms. The molecule has 2 rings (SSSR count). The molecule has 1 aromatic heterocycles. The highest BCUT2D eigenvalue weighted by molar-refractivity contribution is 5.40. The summed E-state index contributed by atoms with van der Waals surface area (Å²) in [6.45, 7) is 12.5. The van der Waals surface area contributed by atoms with Crippen molar-refractivity contribution in [1.82, 2.24) is 15.0 Å². The van der Waals surface area contributed by atoms with E-state index in [1.807, 2.05) is 10.9 Å². The molecule has 0 atom stereocenters. The Hall–Kier alpha value is -1.68. The van der Waals surface area contributed by atoms with Gasteiger partial charge in [0.1, 0.15) is 0 Å². The van der Waals surface area contributed by atoms with Crippen molar-refractivity contribution in [1.29, 1.82) is 0 Å². The second kappa shape index (κ2) is 5.98. The van der Waals surface area contributed by atoms with Crippen LogP contribution in [-0.4, -0.2) is 21.5 Å². The highest BCUT2D eigenvalue weighted by atomic mass is 15.4. The Bertz CT molecular complexity index is 597. The van der Waals surface area contributed by atoms with Crippen LogP contribution < -0.4 is 5.73 Å². The summed E-state index contributed by atoms with van der Waals surface area (Å²) in [5.74, 6) is 0. The molecule has 0 radical (unpaired) electrons. The lowest BCUT2D eigenvalue weighted by atomic mass is 9.84. The monoisotopic (exact) mass is 286 g/mol. The molecule has 0 bridgehead atoms. The predicted octanol–water partition coefficient (Wildman–Crippen LogP) is 2.74. The van der Waals surface area contributed by atoms with Gasteiger partial charge in [-0.3, -0.25) is 0 Å². The summed E-state index contributed by atoms with van der Waals surface area (Å²) < 4.78 is 1.90. The number of hydrogen-bond donors (Lipinski definition) is 1. The minimum absolute atomic E-state index is 0.176. The molecule has 0 spiro atoms. The average Bonchev–Trinajstić information content (AvgIpc) is 2.80. The van der Waals surface area contributed by atoms with E-state index in [1.165, 1.54) is 22.3 Å². The van der Waals surface area contributed by atoms with Crippen molar-refractivity contribution >= 4 is 0 Å². The molecule has 2 N–H and O–H groups in total. The summed E-state index contributed by atoms with van der Waals surface area (Å²) in [5, 5.41) is 8.35. The van der Waals surface area contributed by atoms with Crippen LogP contribution >= 0.6 is 0 Å². The first-order chi connectivity index (χ1) is 9.81. The summed E-state index contributed by atoms with van der Waals surface area (Å²) in [5.41, 5.74) is 12.0. The second-order valence-electron chi connectivity index (χ2n) is 6.78. The largest absolute Gasteiger partial charge is 0.330 e. The lowest BCUT2D eigenvalue weighted by Gasteiger charge is -2.22. The van der Waals surface area contributed by atoms with Crippen molar-refractivity contribution < 1.29 is 0 Å². The van der Waals surface area contributed by atoms with Crippen LogP contribution in [0.2, 0.25) is 0 Å². The van der Waals surface area contributed by atoms with Crippen LogP contribution in [0.4, 0.5) is 0 Å². The van der Waals surface area contributed by atoms with E-state index in [1.54, 1.807) is 0 Å². The fourth-order valence-corrected chi connectivity index (χ4v) is 2.52. The smallest absolute Gasteiger partial charge is 0.0839 e. The molecular weight excluding hydrogens is 260 g/mol. The van der Waals surface area contributed by atoms with Crippen LogP contribution in [0, 0.1) is 13.8 Å². The van der Waals surface area contributed by atoms with Crippen LogP contribution in [0.3, 0.4) is 0 Å². The van der Waals surface area contributed by atoms with Gasteiger partial charge in [0, 0.05) is 12.6 Å². The third-order valence-corrected chi connectivity index (χ3v) is 3.87. The van der Waals surface area contributed by atoms with Crippen molar-refractivity contribution in [3.8, 4) is 0 Å². The van der Waals surface area contributed by atoms with Gasteiger partial charge in [0.05, 0.1) is 12.2 Å². The molecule has 0 aliphatic carbocycles. The normalized spacial score (nSPS) is 11.9. The Morgan fingerprint density at radius 1 is 1.14 bits per heavy atom. The molecule has 0 amide bonds. The minimum atomic E-state index is 0.176. The van der Waals surface area contributed by atoms with Crippen molar-refractivity contribution in [3.63, 3.8) is 0 Å². The predicted molar refractivity (Wildman–Crippen MR) is 86.5 cm³/mol. The van der Waals surface area contributed by atoms with Crippen LogP contribution in [0.1, 0.15) is 48.7 Å². The molecule has 0 unspecified atom stereocenters. The molecule has 0 saturated heterocycles. The summed E-state index contributed by atoms with van der Waals surface area (Å²) in [7, 11) is 0. The zero-order valence-electron chi connectivity index (χ0n) is 13.8. The fourth-order valence-electron chi connectivity index (χ4n) is 2.52. The average molecular weight is 286 g/mol. The number of benzene rings is 1. The van der Waals surface area contributed by atoms with Crippen molar-refractivity contribution in [3.05, 3.63) is 46.3 Å². The van der Waals surface area contributed by atoms with Gasteiger partial charge in [-0.15, -0.1) is 5.10 Å². The zero-order chi connectivity index (χ0) is 15.6. The molecule has 114 valence electrons. The Labute approximate surface area is 127 Å². The first-order valence-electron chi connectivity index (χ1n) is 7.51. The minimum Gasteiger partial charge on any atom is -0.330 e. The third kappa shape index (κ3) is 3.70. The summed E-state index contributed by atoms with van der Waals surface area (Å²) in [6.07, 6.45) is 2.77. The van der Waals surface area contributed by atoms with E-state index in [4.69, 9.17) is 5.73 Å². The third-order valence-electron chi connectivity index (χ3n) is 3.87. The second-order valence-corrected chi connectivity index (χ2v) is 6.78. The lowest BCUT2D eigenvalue weighted by molar-refractivity contribution is 0.587. The SMILES string of the molecule is Cc1cc(C(C)(C)C)cc(C)c1Cn1cc(CCN)nn1. The van der Waals surface area contributed by atoms with E-state index in [-0.39, 0.29) is 5.41 Å². The van der Waals surface area contributed by atoms with Gasteiger partial charge in [-0.1, -0.05) is 38.1 Å². The van der Waals surface area contributed by atoms with Gasteiger partial charge in [0.2, 0.25) is 0 Å². The van der Waals surface area contributed by atoms with Gasteiger partial charge in [0.15, 0.2) is 0 Å². The van der Waals surface area contributed by atoms with E-state index in [0.29, 0.717) is 6.54 Å². The summed E-state index contributed by atoms with van der Waals surface area (Å²) in [6, 6.07) is 4.58. The summed E-state index contributed by atoms with van der Waals surface area (Å²) in [4.78, 5) is 0. The van der Waals surface area contributed by atoms with Gasteiger partial charge in [0.25, 0.3) is 0 Å². The van der Waals surface area contributed by atoms with Crippen molar-refractivity contribution in [2.75, 3.05) is 6.54 Å². The van der Waals surface area contributed by atoms with E-state index in [9.17, 15) is 0 Å². The molecule has 0 aliphatic heterocycles. The Kier molecular flexibility index (Phi) is 4.47. The maximum absolute atomic E-state index is 5.55. The van der Waals surface area contributed by atoms with E-state index in [0.717, 1.165) is 18.7 Å². The molecule has 1 aromatic carbocycles. The first-order valence-corrected chi connectivity index (χ1v) is 7.51. The zero-order valence-corrected chi connectivity index (χ0v) is 13.8.